The molecule has 0 fully saturated rings. The summed E-state index contributed by atoms with van der Waals surface area (Å²) in [4.78, 5) is 13.9. The summed E-state index contributed by atoms with van der Waals surface area (Å²) in [6.07, 6.45) is 1.03. The van der Waals surface area contributed by atoms with Crippen LogP contribution in [0.25, 0.3) is 0 Å². The molecule has 0 aliphatic rings. The van der Waals surface area contributed by atoms with Crippen molar-refractivity contribution in [1.29, 1.82) is 0 Å². The molecule has 21 heavy (non-hydrogen) atoms. The molecular formula is C14H21FN2O3S. The normalized spacial score (nSPS) is 12.8. The molecule has 7 heteroatoms. The molecule has 0 heterocycles. The van der Waals surface area contributed by atoms with Gasteiger partial charge in [-0.25, -0.2) is 12.8 Å². The van der Waals surface area contributed by atoms with E-state index < -0.39 is 21.9 Å². The van der Waals surface area contributed by atoms with Crippen molar-refractivity contribution in [3.05, 3.63) is 30.1 Å². The number of sulfonamides is 1. The Labute approximate surface area is 125 Å². The first kappa shape index (κ1) is 17.4. The number of hydrogen-bond acceptors (Lipinski definition) is 3. The standard InChI is InChI=1S/C14H21FN2O3S/c1-5-16(6-2)14(18)11(3)17(21(4,19)20)13-9-7-12(15)8-10-13/h7-11H,5-6H2,1-4H3. The summed E-state index contributed by atoms with van der Waals surface area (Å²) in [7, 11) is -3.66. The number of likely N-dealkylation sites (N-methyl/N-ethyl adjacent to an activating group) is 1. The number of hydrogen-bond donors (Lipinski definition) is 0. The van der Waals surface area contributed by atoms with E-state index in [0.29, 0.717) is 13.1 Å². The molecule has 1 aromatic carbocycles. The van der Waals surface area contributed by atoms with Crippen LogP contribution in [0.1, 0.15) is 20.8 Å². The van der Waals surface area contributed by atoms with E-state index in [-0.39, 0.29) is 11.6 Å². The second kappa shape index (κ2) is 6.89. The molecule has 1 rings (SSSR count). The van der Waals surface area contributed by atoms with Gasteiger partial charge in [-0.05, 0) is 45.0 Å². The molecule has 1 aromatic rings. The van der Waals surface area contributed by atoms with E-state index in [4.69, 9.17) is 0 Å². The Morgan fingerprint density at radius 3 is 2.05 bits per heavy atom. The monoisotopic (exact) mass is 316 g/mol. The number of carbonyl (C=O) groups is 1. The van der Waals surface area contributed by atoms with E-state index in [1.54, 1.807) is 4.90 Å². The predicted molar refractivity (Wildman–Crippen MR) is 81.1 cm³/mol. The van der Waals surface area contributed by atoms with Crippen LogP contribution in [0.15, 0.2) is 24.3 Å². The van der Waals surface area contributed by atoms with Gasteiger partial charge < -0.3 is 4.90 Å². The molecule has 1 atom stereocenters. The number of amides is 1. The van der Waals surface area contributed by atoms with Gasteiger partial charge in [0.2, 0.25) is 15.9 Å². The van der Waals surface area contributed by atoms with Crippen LogP contribution in [0, 0.1) is 5.82 Å². The smallest absolute Gasteiger partial charge is 0.246 e. The molecular weight excluding hydrogens is 295 g/mol. The molecule has 0 aliphatic heterocycles. The van der Waals surface area contributed by atoms with Crippen molar-refractivity contribution in [1.82, 2.24) is 4.90 Å². The zero-order valence-corrected chi connectivity index (χ0v) is 13.5. The van der Waals surface area contributed by atoms with Gasteiger partial charge in [-0.2, -0.15) is 0 Å². The number of carbonyl (C=O) groups excluding carboxylic acids is 1. The molecule has 0 saturated carbocycles. The largest absolute Gasteiger partial charge is 0.341 e. The highest BCUT2D eigenvalue weighted by atomic mass is 32.2. The lowest BCUT2D eigenvalue weighted by atomic mass is 10.2. The molecule has 1 unspecified atom stereocenters. The molecule has 0 N–H and O–H groups in total. The van der Waals surface area contributed by atoms with Crippen molar-refractivity contribution >= 4 is 21.6 Å². The quantitative estimate of drug-likeness (QED) is 0.805. The van der Waals surface area contributed by atoms with Crippen LogP contribution in [-0.2, 0) is 14.8 Å². The number of rotatable bonds is 6. The van der Waals surface area contributed by atoms with Gasteiger partial charge in [-0.15, -0.1) is 0 Å². The molecule has 0 bridgehead atoms. The van der Waals surface area contributed by atoms with Gasteiger partial charge in [-0.3, -0.25) is 9.10 Å². The van der Waals surface area contributed by atoms with Crippen molar-refractivity contribution < 1.29 is 17.6 Å². The van der Waals surface area contributed by atoms with Crippen molar-refractivity contribution in [2.75, 3.05) is 23.7 Å². The fourth-order valence-electron chi connectivity index (χ4n) is 2.19. The van der Waals surface area contributed by atoms with Crippen LogP contribution in [0.5, 0.6) is 0 Å². The third-order valence-corrected chi connectivity index (χ3v) is 4.46. The minimum Gasteiger partial charge on any atom is -0.341 e. The van der Waals surface area contributed by atoms with Crippen LogP contribution < -0.4 is 4.31 Å². The topological polar surface area (TPSA) is 57.7 Å². The summed E-state index contributed by atoms with van der Waals surface area (Å²) >= 11 is 0. The Morgan fingerprint density at radius 2 is 1.67 bits per heavy atom. The lowest BCUT2D eigenvalue weighted by Crippen LogP contribution is -2.49. The highest BCUT2D eigenvalue weighted by Gasteiger charge is 2.31. The molecule has 5 nitrogen and oxygen atoms in total. The van der Waals surface area contributed by atoms with Crippen molar-refractivity contribution in [2.45, 2.75) is 26.8 Å². The lowest BCUT2D eigenvalue weighted by Gasteiger charge is -2.31. The Kier molecular flexibility index (Phi) is 5.71. The maximum atomic E-state index is 13.0. The van der Waals surface area contributed by atoms with E-state index in [0.717, 1.165) is 10.6 Å². The minimum absolute atomic E-state index is 0.270. The minimum atomic E-state index is -3.66. The van der Waals surface area contributed by atoms with Crippen LogP contribution in [0.4, 0.5) is 10.1 Å². The van der Waals surface area contributed by atoms with Gasteiger partial charge in [0.25, 0.3) is 0 Å². The summed E-state index contributed by atoms with van der Waals surface area (Å²) in [5.41, 5.74) is 0.270. The Hall–Kier alpha value is -1.63. The highest BCUT2D eigenvalue weighted by Crippen LogP contribution is 2.22. The number of halogens is 1. The first-order chi connectivity index (χ1) is 9.72. The fraction of sp³-hybridized carbons (Fsp3) is 0.500. The second-order valence-corrected chi connectivity index (χ2v) is 6.58. The third kappa shape index (κ3) is 4.17. The van der Waals surface area contributed by atoms with Crippen molar-refractivity contribution in [3.63, 3.8) is 0 Å². The molecule has 0 spiro atoms. The van der Waals surface area contributed by atoms with Gasteiger partial charge in [0.15, 0.2) is 0 Å². The number of benzene rings is 1. The van der Waals surface area contributed by atoms with Gasteiger partial charge in [0, 0.05) is 13.1 Å². The summed E-state index contributed by atoms with van der Waals surface area (Å²) in [5.74, 6) is -0.746. The first-order valence-corrected chi connectivity index (χ1v) is 8.61. The Morgan fingerprint density at radius 1 is 1.19 bits per heavy atom. The maximum Gasteiger partial charge on any atom is 0.246 e. The third-order valence-electron chi connectivity index (χ3n) is 3.22. The predicted octanol–water partition coefficient (Wildman–Crippen LogP) is 1.85. The van der Waals surface area contributed by atoms with Gasteiger partial charge >= 0.3 is 0 Å². The van der Waals surface area contributed by atoms with Crippen molar-refractivity contribution in [3.8, 4) is 0 Å². The average Bonchev–Trinajstić information content (AvgIpc) is 2.41. The maximum absolute atomic E-state index is 13.0. The van der Waals surface area contributed by atoms with Crippen LogP contribution in [0.2, 0.25) is 0 Å². The van der Waals surface area contributed by atoms with Gasteiger partial charge in [-0.1, -0.05) is 0 Å². The van der Waals surface area contributed by atoms with E-state index >= 15 is 0 Å². The van der Waals surface area contributed by atoms with Gasteiger partial charge in [0.1, 0.15) is 11.9 Å². The number of anilines is 1. The molecule has 1 amide bonds. The van der Waals surface area contributed by atoms with E-state index in [1.165, 1.54) is 31.2 Å². The summed E-state index contributed by atoms with van der Waals surface area (Å²) in [5, 5.41) is 0. The first-order valence-electron chi connectivity index (χ1n) is 6.76. The summed E-state index contributed by atoms with van der Waals surface area (Å²) < 4.78 is 38.1. The van der Waals surface area contributed by atoms with Crippen molar-refractivity contribution in [2.24, 2.45) is 0 Å². The molecule has 0 saturated heterocycles. The molecule has 0 aliphatic carbocycles. The van der Waals surface area contributed by atoms with Crippen LogP contribution >= 0.6 is 0 Å². The van der Waals surface area contributed by atoms with E-state index in [2.05, 4.69) is 0 Å². The van der Waals surface area contributed by atoms with E-state index in [1.807, 2.05) is 13.8 Å². The molecule has 118 valence electrons. The fourth-order valence-corrected chi connectivity index (χ4v) is 3.36. The average molecular weight is 316 g/mol. The highest BCUT2D eigenvalue weighted by molar-refractivity contribution is 7.92. The second-order valence-electron chi connectivity index (χ2n) is 4.72. The SMILES string of the molecule is CCN(CC)C(=O)C(C)N(c1ccc(F)cc1)S(C)(=O)=O. The molecule has 0 radical (unpaired) electrons. The Bertz CT molecular complexity index is 583. The zero-order valence-electron chi connectivity index (χ0n) is 12.7. The Balaban J connectivity index is 3.21. The lowest BCUT2D eigenvalue weighted by molar-refractivity contribution is -0.131. The number of nitrogens with zero attached hydrogens (tertiary/aromatic N) is 2. The van der Waals surface area contributed by atoms with E-state index in [9.17, 15) is 17.6 Å². The van der Waals surface area contributed by atoms with Crippen LogP contribution in [0.3, 0.4) is 0 Å². The summed E-state index contributed by atoms with van der Waals surface area (Å²) in [6.45, 7) is 6.19. The van der Waals surface area contributed by atoms with Crippen LogP contribution in [-0.4, -0.2) is 44.6 Å². The van der Waals surface area contributed by atoms with Gasteiger partial charge in [0.05, 0.1) is 11.9 Å². The summed E-state index contributed by atoms with van der Waals surface area (Å²) in [6, 6.07) is 4.15. The molecule has 0 aromatic heterocycles. The zero-order chi connectivity index (χ0) is 16.2.